The molecule has 1 heterocycles. The summed E-state index contributed by atoms with van der Waals surface area (Å²) in [5, 5.41) is 5.50. The van der Waals surface area contributed by atoms with Crippen LogP contribution in [0.1, 0.15) is 32.4 Å². The number of likely N-dealkylation sites (N-methyl/N-ethyl adjacent to an activating group) is 1. The summed E-state index contributed by atoms with van der Waals surface area (Å²) in [6, 6.07) is 7.89. The number of nitrogens with one attached hydrogen (secondary N) is 2. The molecule has 0 spiro atoms. The van der Waals surface area contributed by atoms with E-state index in [1.54, 1.807) is 7.11 Å². The number of amides is 2. The van der Waals surface area contributed by atoms with Gasteiger partial charge in [-0.15, -0.1) is 0 Å². The molecule has 0 unspecified atom stereocenters. The molecule has 1 aliphatic heterocycles. The zero-order valence-electron chi connectivity index (χ0n) is 17.0. The van der Waals surface area contributed by atoms with Crippen LogP contribution in [0.4, 0.5) is 0 Å². The summed E-state index contributed by atoms with van der Waals surface area (Å²) >= 11 is 0. The number of benzene rings is 1. The van der Waals surface area contributed by atoms with Crippen molar-refractivity contribution < 1.29 is 14.3 Å². The van der Waals surface area contributed by atoms with Gasteiger partial charge >= 0.3 is 11.8 Å². The molecule has 27 heavy (non-hydrogen) atoms. The van der Waals surface area contributed by atoms with Crippen LogP contribution in [0.3, 0.4) is 0 Å². The summed E-state index contributed by atoms with van der Waals surface area (Å²) in [7, 11) is 3.75. The highest BCUT2D eigenvalue weighted by molar-refractivity contribution is 6.35. The number of hydrogen-bond acceptors (Lipinski definition) is 5. The topological polar surface area (TPSA) is 73.9 Å². The third-order valence-corrected chi connectivity index (χ3v) is 4.63. The average molecular weight is 377 g/mol. The lowest BCUT2D eigenvalue weighted by atomic mass is 10.0. The minimum absolute atomic E-state index is 0.0102. The highest BCUT2D eigenvalue weighted by Gasteiger charge is 2.26. The Bertz CT molecular complexity index is 632. The van der Waals surface area contributed by atoms with Gasteiger partial charge < -0.3 is 20.3 Å². The van der Waals surface area contributed by atoms with Gasteiger partial charge in [0.2, 0.25) is 0 Å². The molecule has 7 heteroatoms. The largest absolute Gasteiger partial charge is 0.497 e. The molecule has 0 saturated carbocycles. The molecular formula is C20H32N4O3. The van der Waals surface area contributed by atoms with Crippen LogP contribution in [0.5, 0.6) is 5.75 Å². The van der Waals surface area contributed by atoms with Crippen LogP contribution in [-0.4, -0.2) is 74.0 Å². The van der Waals surface area contributed by atoms with Crippen molar-refractivity contribution in [1.29, 1.82) is 0 Å². The third-order valence-electron chi connectivity index (χ3n) is 4.63. The van der Waals surface area contributed by atoms with Gasteiger partial charge in [0.05, 0.1) is 13.2 Å². The maximum absolute atomic E-state index is 12.2. The van der Waals surface area contributed by atoms with E-state index in [2.05, 4.69) is 27.5 Å². The molecule has 150 valence electrons. The summed E-state index contributed by atoms with van der Waals surface area (Å²) in [5.41, 5.74) is 0.651. The highest BCUT2D eigenvalue weighted by Crippen LogP contribution is 2.23. The Morgan fingerprint density at radius 1 is 1.07 bits per heavy atom. The van der Waals surface area contributed by atoms with Crippen LogP contribution in [0.25, 0.3) is 0 Å². The van der Waals surface area contributed by atoms with E-state index < -0.39 is 17.4 Å². The van der Waals surface area contributed by atoms with Crippen molar-refractivity contribution in [1.82, 2.24) is 20.4 Å². The van der Waals surface area contributed by atoms with E-state index in [9.17, 15) is 9.59 Å². The van der Waals surface area contributed by atoms with Crippen molar-refractivity contribution in [2.45, 2.75) is 32.4 Å². The molecule has 1 atom stereocenters. The first-order chi connectivity index (χ1) is 12.7. The molecule has 0 radical (unpaired) electrons. The second-order valence-electron chi connectivity index (χ2n) is 8.04. The van der Waals surface area contributed by atoms with Crippen LogP contribution in [0.2, 0.25) is 0 Å². The van der Waals surface area contributed by atoms with E-state index in [0.29, 0.717) is 6.54 Å². The van der Waals surface area contributed by atoms with E-state index in [0.717, 1.165) is 37.5 Å². The standard InChI is InChI=1S/C20H32N4O3/c1-20(2,3)22-19(26)18(25)21-14-17(24-12-10-23(4)11-13-24)15-6-8-16(27-5)9-7-15/h6-9,17H,10-14H2,1-5H3,(H,21,25)(H,22,26)/t17-/m1/s1. The number of rotatable bonds is 5. The Balaban J connectivity index is 2.07. The van der Waals surface area contributed by atoms with E-state index >= 15 is 0 Å². The lowest BCUT2D eigenvalue weighted by Gasteiger charge is -2.38. The molecule has 1 saturated heterocycles. The maximum atomic E-state index is 12.2. The van der Waals surface area contributed by atoms with E-state index in [1.807, 2.05) is 45.0 Å². The number of piperazine rings is 1. The minimum Gasteiger partial charge on any atom is -0.497 e. The molecule has 2 amide bonds. The van der Waals surface area contributed by atoms with Crippen molar-refractivity contribution >= 4 is 11.8 Å². The van der Waals surface area contributed by atoms with Gasteiger partial charge in [-0.05, 0) is 45.5 Å². The number of ether oxygens (including phenoxy) is 1. The average Bonchev–Trinajstić information content (AvgIpc) is 2.62. The summed E-state index contributed by atoms with van der Waals surface area (Å²) < 4.78 is 5.24. The van der Waals surface area contributed by atoms with Crippen molar-refractivity contribution in [3.63, 3.8) is 0 Å². The second kappa shape index (κ2) is 9.19. The minimum atomic E-state index is -0.602. The molecule has 1 aliphatic rings. The van der Waals surface area contributed by atoms with E-state index in [1.165, 1.54) is 0 Å². The van der Waals surface area contributed by atoms with Gasteiger partial charge in [0.25, 0.3) is 0 Å². The Morgan fingerprint density at radius 3 is 2.19 bits per heavy atom. The zero-order valence-corrected chi connectivity index (χ0v) is 17.0. The first kappa shape index (κ1) is 21.2. The van der Waals surface area contributed by atoms with Crippen LogP contribution in [0.15, 0.2) is 24.3 Å². The van der Waals surface area contributed by atoms with Gasteiger partial charge in [-0.2, -0.15) is 0 Å². The molecule has 7 nitrogen and oxygen atoms in total. The van der Waals surface area contributed by atoms with Crippen LogP contribution in [-0.2, 0) is 9.59 Å². The van der Waals surface area contributed by atoms with Crippen molar-refractivity contribution in [2.75, 3.05) is 46.9 Å². The van der Waals surface area contributed by atoms with Gasteiger partial charge in [-0.3, -0.25) is 14.5 Å². The molecule has 1 aromatic rings. The molecule has 0 aliphatic carbocycles. The monoisotopic (exact) mass is 376 g/mol. The fourth-order valence-corrected chi connectivity index (χ4v) is 3.08. The number of nitrogens with zero attached hydrogens (tertiary/aromatic N) is 2. The van der Waals surface area contributed by atoms with Crippen LogP contribution in [0, 0.1) is 0 Å². The SMILES string of the molecule is COc1ccc([C@@H](CNC(=O)C(=O)NC(C)(C)C)N2CCN(C)CC2)cc1. The van der Waals surface area contributed by atoms with Crippen molar-refractivity contribution in [3.8, 4) is 5.75 Å². The smallest absolute Gasteiger partial charge is 0.309 e. The summed E-state index contributed by atoms with van der Waals surface area (Å²) in [6.45, 7) is 9.71. The number of hydrogen-bond donors (Lipinski definition) is 2. The Hall–Kier alpha value is -2.12. The Labute approximate surface area is 162 Å². The third kappa shape index (κ3) is 6.52. The highest BCUT2D eigenvalue weighted by atomic mass is 16.5. The van der Waals surface area contributed by atoms with Crippen molar-refractivity contribution in [3.05, 3.63) is 29.8 Å². The lowest BCUT2D eigenvalue weighted by molar-refractivity contribution is -0.140. The second-order valence-corrected chi connectivity index (χ2v) is 8.04. The fraction of sp³-hybridized carbons (Fsp3) is 0.600. The normalized spacial score (nSPS) is 17.2. The van der Waals surface area contributed by atoms with Gasteiger partial charge in [0.1, 0.15) is 5.75 Å². The van der Waals surface area contributed by atoms with Crippen LogP contribution < -0.4 is 15.4 Å². The lowest BCUT2D eigenvalue weighted by Crippen LogP contribution is -2.51. The fourth-order valence-electron chi connectivity index (χ4n) is 3.08. The maximum Gasteiger partial charge on any atom is 0.309 e. The number of methoxy groups -OCH3 is 1. The van der Waals surface area contributed by atoms with Gasteiger partial charge in [0.15, 0.2) is 0 Å². The van der Waals surface area contributed by atoms with E-state index in [-0.39, 0.29) is 6.04 Å². The number of carbonyl (C=O) groups excluding carboxylic acids is 2. The predicted octanol–water partition coefficient (Wildman–Crippen LogP) is 1.01. The van der Waals surface area contributed by atoms with Gasteiger partial charge in [-0.25, -0.2) is 0 Å². The molecule has 1 aromatic carbocycles. The Kier molecular flexibility index (Phi) is 7.21. The first-order valence-electron chi connectivity index (χ1n) is 9.36. The zero-order chi connectivity index (χ0) is 20.0. The Morgan fingerprint density at radius 2 is 1.67 bits per heavy atom. The molecule has 0 bridgehead atoms. The van der Waals surface area contributed by atoms with Gasteiger partial charge in [0, 0.05) is 38.3 Å². The first-order valence-corrected chi connectivity index (χ1v) is 9.36. The summed E-state index contributed by atoms with van der Waals surface area (Å²) in [4.78, 5) is 28.9. The molecular weight excluding hydrogens is 344 g/mol. The summed E-state index contributed by atoms with van der Waals surface area (Å²) in [5.74, 6) is -0.406. The molecule has 2 rings (SSSR count). The molecule has 2 N–H and O–H groups in total. The molecule has 0 aromatic heterocycles. The van der Waals surface area contributed by atoms with E-state index in [4.69, 9.17) is 4.74 Å². The van der Waals surface area contributed by atoms with Gasteiger partial charge in [-0.1, -0.05) is 12.1 Å². The predicted molar refractivity (Wildman–Crippen MR) is 106 cm³/mol. The van der Waals surface area contributed by atoms with Crippen LogP contribution >= 0.6 is 0 Å². The quantitative estimate of drug-likeness (QED) is 0.751. The summed E-state index contributed by atoms with van der Waals surface area (Å²) in [6.07, 6.45) is 0. The number of carbonyl (C=O) groups is 2. The molecule has 1 fully saturated rings. The van der Waals surface area contributed by atoms with Crippen molar-refractivity contribution in [2.24, 2.45) is 0 Å².